The topological polar surface area (TPSA) is 95.1 Å². The lowest BCUT2D eigenvalue weighted by molar-refractivity contribution is 0.0948. The first-order valence-corrected chi connectivity index (χ1v) is 7.44. The highest BCUT2D eigenvalue weighted by molar-refractivity contribution is 5.97. The van der Waals surface area contributed by atoms with Crippen molar-refractivity contribution < 1.29 is 14.3 Å². The number of carbonyl (C=O) groups is 1. The second-order valence-electron chi connectivity index (χ2n) is 5.33. The van der Waals surface area contributed by atoms with Gasteiger partial charge < -0.3 is 15.4 Å². The zero-order valence-corrected chi connectivity index (χ0v) is 13.0. The second kappa shape index (κ2) is 6.96. The summed E-state index contributed by atoms with van der Waals surface area (Å²) in [4.78, 5) is 30.7. The van der Waals surface area contributed by atoms with Crippen molar-refractivity contribution in [2.45, 2.75) is 6.54 Å². The van der Waals surface area contributed by atoms with Crippen LogP contribution >= 0.6 is 0 Å². The van der Waals surface area contributed by atoms with Crippen LogP contribution < -0.4 is 10.9 Å². The van der Waals surface area contributed by atoms with Crippen LogP contribution in [0.15, 0.2) is 59.7 Å². The number of carbonyl (C=O) groups excluding carboxylic acids is 1. The lowest BCUT2D eigenvalue weighted by Crippen LogP contribution is -2.25. The first kappa shape index (κ1) is 16.4. The number of benzene rings is 1. The molecule has 3 rings (SSSR count). The van der Waals surface area contributed by atoms with Crippen molar-refractivity contribution in [3.63, 3.8) is 0 Å². The van der Waals surface area contributed by atoms with Crippen molar-refractivity contribution in [2.24, 2.45) is 0 Å². The molecule has 0 saturated heterocycles. The van der Waals surface area contributed by atoms with Gasteiger partial charge in [0.25, 0.3) is 11.5 Å². The molecule has 1 amide bonds. The number of amides is 1. The molecule has 1 aromatic carbocycles. The number of rotatable bonds is 4. The van der Waals surface area contributed by atoms with E-state index in [0.29, 0.717) is 16.8 Å². The Morgan fingerprint density at radius 2 is 2.00 bits per heavy atom. The molecule has 0 aliphatic heterocycles. The van der Waals surface area contributed by atoms with Gasteiger partial charge in [0.2, 0.25) is 0 Å². The first-order valence-electron chi connectivity index (χ1n) is 7.44. The van der Waals surface area contributed by atoms with Gasteiger partial charge in [0.15, 0.2) is 5.75 Å². The minimum Gasteiger partial charge on any atom is -0.502 e. The number of halogens is 1. The number of hydrogen-bond donors (Lipinski definition) is 3. The Kier molecular flexibility index (Phi) is 4.56. The highest BCUT2D eigenvalue weighted by Crippen LogP contribution is 2.19. The van der Waals surface area contributed by atoms with E-state index < -0.39 is 17.2 Å². The lowest BCUT2D eigenvalue weighted by Gasteiger charge is -2.09. The molecule has 0 radical (unpaired) electrons. The van der Waals surface area contributed by atoms with Gasteiger partial charge in [0, 0.05) is 24.5 Å². The highest BCUT2D eigenvalue weighted by atomic mass is 19.1. The Balaban J connectivity index is 1.85. The van der Waals surface area contributed by atoms with E-state index in [1.54, 1.807) is 18.3 Å². The SMILES string of the molecule is O=C(NCc1ccc(F)cc1)c1cc(-c2cccnc2)[nH]c(=O)c1O. The molecule has 3 N–H and O–H groups in total. The molecule has 0 aliphatic rings. The van der Waals surface area contributed by atoms with Gasteiger partial charge in [-0.05, 0) is 35.9 Å². The lowest BCUT2D eigenvalue weighted by atomic mass is 10.1. The number of nitrogens with one attached hydrogen (secondary N) is 2. The molecule has 0 saturated carbocycles. The number of hydrogen-bond acceptors (Lipinski definition) is 4. The number of aromatic hydroxyl groups is 1. The van der Waals surface area contributed by atoms with Crippen LogP contribution in [-0.4, -0.2) is 21.0 Å². The summed E-state index contributed by atoms with van der Waals surface area (Å²) >= 11 is 0. The largest absolute Gasteiger partial charge is 0.502 e. The Bertz CT molecular complexity index is 954. The van der Waals surface area contributed by atoms with Crippen LogP contribution in [-0.2, 0) is 6.54 Å². The Morgan fingerprint density at radius 1 is 1.24 bits per heavy atom. The maximum atomic E-state index is 12.9. The molecule has 2 heterocycles. The van der Waals surface area contributed by atoms with Crippen molar-refractivity contribution in [1.29, 1.82) is 0 Å². The normalized spacial score (nSPS) is 10.4. The Hall–Kier alpha value is -3.48. The minimum atomic E-state index is -0.770. The van der Waals surface area contributed by atoms with Gasteiger partial charge in [-0.2, -0.15) is 0 Å². The van der Waals surface area contributed by atoms with Gasteiger partial charge in [-0.25, -0.2) is 4.39 Å². The quantitative estimate of drug-likeness (QED) is 0.679. The van der Waals surface area contributed by atoms with Crippen LogP contribution in [0.5, 0.6) is 5.75 Å². The summed E-state index contributed by atoms with van der Waals surface area (Å²) in [5.74, 6) is -1.65. The molecule has 0 atom stereocenters. The molecule has 2 aromatic heterocycles. The minimum absolute atomic E-state index is 0.133. The third-order valence-corrected chi connectivity index (χ3v) is 3.59. The van der Waals surface area contributed by atoms with E-state index in [1.807, 2.05) is 0 Å². The van der Waals surface area contributed by atoms with Gasteiger partial charge in [0.05, 0.1) is 11.3 Å². The summed E-state index contributed by atoms with van der Waals surface area (Å²) < 4.78 is 12.9. The van der Waals surface area contributed by atoms with Crippen molar-refractivity contribution >= 4 is 5.91 Å². The van der Waals surface area contributed by atoms with Crippen LogP contribution in [0, 0.1) is 5.82 Å². The summed E-state index contributed by atoms with van der Waals surface area (Å²) in [5.41, 5.74) is 0.736. The second-order valence-corrected chi connectivity index (χ2v) is 5.33. The van der Waals surface area contributed by atoms with Gasteiger partial charge >= 0.3 is 0 Å². The van der Waals surface area contributed by atoms with Crippen LogP contribution in [0.25, 0.3) is 11.3 Å². The average Bonchev–Trinajstić information content (AvgIpc) is 2.64. The molecule has 0 spiro atoms. The first-order chi connectivity index (χ1) is 12.0. The van der Waals surface area contributed by atoms with Crippen molar-refractivity contribution in [2.75, 3.05) is 0 Å². The molecule has 6 nitrogen and oxygen atoms in total. The summed E-state index contributed by atoms with van der Waals surface area (Å²) in [7, 11) is 0. The molecule has 0 fully saturated rings. The molecule has 126 valence electrons. The Labute approximate surface area is 142 Å². The van der Waals surface area contributed by atoms with E-state index in [1.165, 1.54) is 36.5 Å². The van der Waals surface area contributed by atoms with Crippen LogP contribution in [0.3, 0.4) is 0 Å². The van der Waals surface area contributed by atoms with Crippen LogP contribution in [0.1, 0.15) is 15.9 Å². The third-order valence-electron chi connectivity index (χ3n) is 3.59. The summed E-state index contributed by atoms with van der Waals surface area (Å²) in [5, 5.41) is 12.5. The fourth-order valence-electron chi connectivity index (χ4n) is 2.28. The number of pyridine rings is 2. The van der Waals surface area contributed by atoms with E-state index in [9.17, 15) is 19.1 Å². The monoisotopic (exact) mass is 339 g/mol. The van der Waals surface area contributed by atoms with E-state index in [-0.39, 0.29) is 17.9 Å². The predicted molar refractivity (Wildman–Crippen MR) is 89.5 cm³/mol. The van der Waals surface area contributed by atoms with Crippen LogP contribution in [0.2, 0.25) is 0 Å². The average molecular weight is 339 g/mol. The van der Waals surface area contributed by atoms with Gasteiger partial charge in [-0.3, -0.25) is 14.6 Å². The number of aromatic nitrogens is 2. The van der Waals surface area contributed by atoms with Gasteiger partial charge in [-0.1, -0.05) is 12.1 Å². The van der Waals surface area contributed by atoms with Gasteiger partial charge in [0.1, 0.15) is 5.82 Å². The van der Waals surface area contributed by atoms with E-state index >= 15 is 0 Å². The third kappa shape index (κ3) is 3.72. The number of nitrogens with zero attached hydrogens (tertiary/aromatic N) is 1. The summed E-state index contributed by atoms with van der Waals surface area (Å²) in [6.45, 7) is 0.133. The zero-order valence-electron chi connectivity index (χ0n) is 13.0. The standard InChI is InChI=1S/C18H14FN3O3/c19-13-5-3-11(4-6-13)9-21-17(24)14-8-15(22-18(25)16(14)23)12-2-1-7-20-10-12/h1-8,10,23H,9H2,(H,21,24)(H,22,25). The predicted octanol–water partition coefficient (Wildman–Crippen LogP) is 2.21. The molecule has 0 bridgehead atoms. The summed E-state index contributed by atoms with van der Waals surface area (Å²) in [6, 6.07) is 10.4. The van der Waals surface area contributed by atoms with Crippen molar-refractivity contribution in [3.8, 4) is 17.0 Å². The zero-order chi connectivity index (χ0) is 17.8. The molecule has 25 heavy (non-hydrogen) atoms. The highest BCUT2D eigenvalue weighted by Gasteiger charge is 2.16. The molecule has 0 unspecified atom stereocenters. The molecule has 3 aromatic rings. The van der Waals surface area contributed by atoms with Crippen LogP contribution in [0.4, 0.5) is 4.39 Å². The van der Waals surface area contributed by atoms with E-state index in [2.05, 4.69) is 15.3 Å². The van der Waals surface area contributed by atoms with Gasteiger partial charge in [-0.15, -0.1) is 0 Å². The van der Waals surface area contributed by atoms with Crippen molar-refractivity contribution in [1.82, 2.24) is 15.3 Å². The summed E-state index contributed by atoms with van der Waals surface area (Å²) in [6.07, 6.45) is 3.11. The van der Waals surface area contributed by atoms with E-state index in [0.717, 1.165) is 0 Å². The number of H-pyrrole nitrogens is 1. The fraction of sp³-hybridized carbons (Fsp3) is 0.0556. The molecule has 0 aliphatic carbocycles. The molecular weight excluding hydrogens is 325 g/mol. The molecule has 7 heteroatoms. The number of aromatic amines is 1. The smallest absolute Gasteiger partial charge is 0.291 e. The molecular formula is C18H14FN3O3. The Morgan fingerprint density at radius 3 is 2.68 bits per heavy atom. The van der Waals surface area contributed by atoms with E-state index in [4.69, 9.17) is 0 Å². The van der Waals surface area contributed by atoms with Crippen molar-refractivity contribution in [3.05, 3.63) is 82.2 Å². The maximum Gasteiger partial charge on any atom is 0.291 e. The maximum absolute atomic E-state index is 12.9. The fourth-order valence-corrected chi connectivity index (χ4v) is 2.28.